The zero-order valence-electron chi connectivity index (χ0n) is 18.8. The van der Waals surface area contributed by atoms with Gasteiger partial charge < -0.3 is 0 Å². The van der Waals surface area contributed by atoms with Crippen LogP contribution in [0.15, 0.2) is 12.1 Å². The van der Waals surface area contributed by atoms with E-state index in [0.717, 1.165) is 24.2 Å². The van der Waals surface area contributed by atoms with Crippen LogP contribution in [0.25, 0.3) is 0 Å². The van der Waals surface area contributed by atoms with Crippen molar-refractivity contribution in [3.8, 4) is 6.07 Å². The Morgan fingerprint density at radius 1 is 0.800 bits per heavy atom. The highest BCUT2D eigenvalue weighted by atomic mass is 19.1. The van der Waals surface area contributed by atoms with Gasteiger partial charge in [-0.05, 0) is 79.9 Å². The zero-order chi connectivity index (χ0) is 21.3. The minimum Gasteiger partial charge on any atom is -0.205 e. The number of rotatable bonds is 9. The predicted octanol–water partition coefficient (Wildman–Crippen LogP) is 8.35. The van der Waals surface area contributed by atoms with Crippen LogP contribution in [0.3, 0.4) is 0 Å². The van der Waals surface area contributed by atoms with E-state index >= 15 is 0 Å². The van der Waals surface area contributed by atoms with E-state index in [9.17, 15) is 8.78 Å². The van der Waals surface area contributed by atoms with Gasteiger partial charge in [-0.1, -0.05) is 64.7 Å². The van der Waals surface area contributed by atoms with E-state index in [0.29, 0.717) is 17.9 Å². The molecule has 2 fully saturated rings. The summed E-state index contributed by atoms with van der Waals surface area (Å²) in [7, 11) is 0. The maximum atomic E-state index is 13.8. The lowest BCUT2D eigenvalue weighted by atomic mass is 9.68. The average Bonchev–Trinajstić information content (AvgIpc) is 2.76. The monoisotopic (exact) mass is 415 g/mol. The summed E-state index contributed by atoms with van der Waals surface area (Å²) < 4.78 is 27.6. The molecule has 0 spiro atoms. The van der Waals surface area contributed by atoms with Crippen molar-refractivity contribution in [3.63, 3.8) is 0 Å². The lowest BCUT2D eigenvalue weighted by Crippen LogP contribution is -2.26. The van der Waals surface area contributed by atoms with Crippen LogP contribution in [0.4, 0.5) is 8.78 Å². The highest BCUT2D eigenvalue weighted by Crippen LogP contribution is 2.43. The minimum atomic E-state index is -0.725. The van der Waals surface area contributed by atoms with Crippen molar-refractivity contribution in [2.45, 2.75) is 103 Å². The number of benzene rings is 1. The molecule has 2 saturated carbocycles. The molecule has 3 heteroatoms. The van der Waals surface area contributed by atoms with Gasteiger partial charge in [0.15, 0.2) is 0 Å². The molecule has 0 aliphatic heterocycles. The summed E-state index contributed by atoms with van der Waals surface area (Å²) in [5.41, 5.74) is 0.221. The van der Waals surface area contributed by atoms with Crippen LogP contribution in [-0.4, -0.2) is 0 Å². The molecule has 30 heavy (non-hydrogen) atoms. The number of unbranched alkanes of at least 4 members (excludes halogenated alkanes) is 3. The standard InChI is InChI=1S/C27H39F2N/c1-2-3-4-5-6-20-9-13-23(14-10-20)24-15-11-21(12-16-24)7-8-22-17-26(28)25(19-30)27(29)18-22/h17-18,20-21,23-24H,2-16H2,1H3/t20-,21-,23-,24-. The van der Waals surface area contributed by atoms with Crippen molar-refractivity contribution in [1.29, 1.82) is 5.26 Å². The summed E-state index contributed by atoms with van der Waals surface area (Å²) in [6.45, 7) is 2.28. The van der Waals surface area contributed by atoms with Crippen molar-refractivity contribution in [3.05, 3.63) is 34.9 Å². The molecule has 0 bridgehead atoms. The fraction of sp³-hybridized carbons (Fsp3) is 0.741. The van der Waals surface area contributed by atoms with Crippen molar-refractivity contribution < 1.29 is 8.78 Å². The first-order valence-electron chi connectivity index (χ1n) is 12.5. The van der Waals surface area contributed by atoms with E-state index in [-0.39, 0.29) is 0 Å². The molecule has 166 valence electrons. The highest BCUT2D eigenvalue weighted by molar-refractivity contribution is 5.35. The van der Waals surface area contributed by atoms with Crippen molar-refractivity contribution in [2.24, 2.45) is 23.7 Å². The SMILES string of the molecule is CCCCCC[C@H]1CC[C@H]([C@H]2CC[C@H](CCc3cc(F)c(C#N)c(F)c3)CC2)CC1. The van der Waals surface area contributed by atoms with Crippen molar-refractivity contribution in [1.82, 2.24) is 0 Å². The van der Waals surface area contributed by atoms with Crippen molar-refractivity contribution in [2.75, 3.05) is 0 Å². The second-order valence-electron chi connectivity index (χ2n) is 10.00. The Hall–Kier alpha value is -1.43. The lowest BCUT2D eigenvalue weighted by molar-refractivity contribution is 0.140. The third-order valence-corrected chi connectivity index (χ3v) is 7.97. The molecular formula is C27H39F2N. The Morgan fingerprint density at radius 3 is 1.83 bits per heavy atom. The molecule has 2 aliphatic carbocycles. The van der Waals surface area contributed by atoms with Gasteiger partial charge in [-0.15, -0.1) is 0 Å². The molecule has 0 radical (unpaired) electrons. The summed E-state index contributed by atoms with van der Waals surface area (Å²) in [4.78, 5) is 0. The third kappa shape index (κ3) is 6.53. The average molecular weight is 416 g/mol. The molecule has 0 amide bonds. The molecule has 0 unspecified atom stereocenters. The number of aryl methyl sites for hydroxylation is 1. The molecule has 0 atom stereocenters. The Labute approximate surface area is 182 Å². The van der Waals surface area contributed by atoms with Crippen LogP contribution in [0, 0.1) is 46.6 Å². The van der Waals surface area contributed by atoms with E-state index in [2.05, 4.69) is 6.92 Å². The molecule has 2 aliphatic rings. The fourth-order valence-electron chi connectivity index (χ4n) is 6.00. The highest BCUT2D eigenvalue weighted by Gasteiger charge is 2.30. The molecular weight excluding hydrogens is 376 g/mol. The van der Waals surface area contributed by atoms with E-state index in [1.165, 1.54) is 95.6 Å². The zero-order valence-corrected chi connectivity index (χ0v) is 18.8. The summed E-state index contributed by atoms with van der Waals surface area (Å²) in [6.07, 6.45) is 19.7. The van der Waals surface area contributed by atoms with Gasteiger partial charge in [-0.25, -0.2) is 8.78 Å². The number of hydrogen-bond acceptors (Lipinski definition) is 1. The maximum Gasteiger partial charge on any atom is 0.144 e. The van der Waals surface area contributed by atoms with Crippen LogP contribution < -0.4 is 0 Å². The van der Waals surface area contributed by atoms with Gasteiger partial charge in [0.2, 0.25) is 0 Å². The van der Waals surface area contributed by atoms with Gasteiger partial charge in [-0.3, -0.25) is 0 Å². The number of nitrogens with zero attached hydrogens (tertiary/aromatic N) is 1. The van der Waals surface area contributed by atoms with E-state index in [4.69, 9.17) is 5.26 Å². The second kappa shape index (κ2) is 11.8. The quantitative estimate of drug-likeness (QED) is 0.372. The minimum absolute atomic E-state index is 0.463. The second-order valence-corrected chi connectivity index (χ2v) is 10.00. The Balaban J connectivity index is 1.35. The number of halogens is 2. The van der Waals surface area contributed by atoms with E-state index in [1.807, 2.05) is 0 Å². The third-order valence-electron chi connectivity index (χ3n) is 7.97. The molecule has 0 N–H and O–H groups in total. The Kier molecular flexibility index (Phi) is 9.16. The molecule has 3 rings (SSSR count). The van der Waals surface area contributed by atoms with Gasteiger partial charge in [0.25, 0.3) is 0 Å². The van der Waals surface area contributed by atoms with E-state index < -0.39 is 17.2 Å². The van der Waals surface area contributed by atoms with Gasteiger partial charge >= 0.3 is 0 Å². The molecule has 0 saturated heterocycles. The van der Waals surface area contributed by atoms with Crippen LogP contribution >= 0.6 is 0 Å². The van der Waals surface area contributed by atoms with Gasteiger partial charge in [0.1, 0.15) is 23.3 Å². The van der Waals surface area contributed by atoms with Crippen LogP contribution in [-0.2, 0) is 6.42 Å². The van der Waals surface area contributed by atoms with Crippen molar-refractivity contribution >= 4 is 0 Å². The fourth-order valence-corrected chi connectivity index (χ4v) is 6.00. The first kappa shape index (κ1) is 23.2. The number of nitriles is 1. The van der Waals surface area contributed by atoms with Crippen LogP contribution in [0.5, 0.6) is 0 Å². The van der Waals surface area contributed by atoms with Crippen LogP contribution in [0.1, 0.15) is 108 Å². The lowest BCUT2D eigenvalue weighted by Gasteiger charge is -2.38. The summed E-state index contributed by atoms with van der Waals surface area (Å²) in [5.74, 6) is 2.07. The first-order valence-corrected chi connectivity index (χ1v) is 12.5. The molecule has 0 heterocycles. The molecule has 1 aromatic rings. The maximum absolute atomic E-state index is 13.8. The van der Waals surface area contributed by atoms with E-state index in [1.54, 1.807) is 6.07 Å². The smallest absolute Gasteiger partial charge is 0.144 e. The van der Waals surface area contributed by atoms with Crippen LogP contribution in [0.2, 0.25) is 0 Å². The van der Waals surface area contributed by atoms with Gasteiger partial charge in [-0.2, -0.15) is 5.26 Å². The number of hydrogen-bond donors (Lipinski definition) is 0. The topological polar surface area (TPSA) is 23.8 Å². The molecule has 0 aromatic heterocycles. The van der Waals surface area contributed by atoms with Gasteiger partial charge in [0, 0.05) is 0 Å². The first-order chi connectivity index (χ1) is 14.6. The Bertz CT molecular complexity index is 668. The summed E-state index contributed by atoms with van der Waals surface area (Å²) >= 11 is 0. The molecule has 1 nitrogen and oxygen atoms in total. The van der Waals surface area contributed by atoms with Gasteiger partial charge in [0.05, 0.1) is 0 Å². The molecule has 1 aromatic carbocycles. The largest absolute Gasteiger partial charge is 0.205 e. The summed E-state index contributed by atoms with van der Waals surface area (Å²) in [6, 6.07) is 4.28. The predicted molar refractivity (Wildman–Crippen MR) is 119 cm³/mol. The summed E-state index contributed by atoms with van der Waals surface area (Å²) in [5, 5.41) is 8.80. The Morgan fingerprint density at radius 2 is 1.33 bits per heavy atom. The normalized spacial score (nSPS) is 27.0.